The summed E-state index contributed by atoms with van der Waals surface area (Å²) in [5.41, 5.74) is 0.0119. The van der Waals surface area contributed by atoms with Crippen molar-refractivity contribution in [1.82, 2.24) is 10.6 Å². The lowest BCUT2D eigenvalue weighted by Crippen LogP contribution is -2.31. The predicted molar refractivity (Wildman–Crippen MR) is 74.0 cm³/mol. The Morgan fingerprint density at radius 1 is 1.42 bits per heavy atom. The Balaban J connectivity index is 1.82. The van der Waals surface area contributed by atoms with Crippen LogP contribution in [0.25, 0.3) is 0 Å². The van der Waals surface area contributed by atoms with Gasteiger partial charge in [0.15, 0.2) is 0 Å². The van der Waals surface area contributed by atoms with E-state index in [1.165, 1.54) is 18.2 Å². The van der Waals surface area contributed by atoms with E-state index in [2.05, 4.69) is 10.6 Å². The molecule has 1 heterocycles. The normalized spacial score (nSPS) is 16.3. The summed E-state index contributed by atoms with van der Waals surface area (Å²) >= 11 is 5.76. The third-order valence-corrected chi connectivity index (χ3v) is 3.70. The Hall–Kier alpha value is -1.13. The predicted octanol–water partition coefficient (Wildman–Crippen LogP) is 2.60. The van der Waals surface area contributed by atoms with Crippen molar-refractivity contribution in [3.63, 3.8) is 0 Å². The van der Waals surface area contributed by atoms with Gasteiger partial charge >= 0.3 is 0 Å². The Bertz CT molecular complexity index is 447. The van der Waals surface area contributed by atoms with Gasteiger partial charge in [-0.1, -0.05) is 11.6 Å². The number of nitrogens with one attached hydrogen (secondary N) is 2. The average molecular weight is 285 g/mol. The van der Waals surface area contributed by atoms with Gasteiger partial charge in [-0.25, -0.2) is 4.39 Å². The van der Waals surface area contributed by atoms with E-state index in [4.69, 9.17) is 11.6 Å². The van der Waals surface area contributed by atoms with Crippen LogP contribution in [0, 0.1) is 11.7 Å². The largest absolute Gasteiger partial charge is 0.352 e. The van der Waals surface area contributed by atoms with Crippen molar-refractivity contribution in [2.45, 2.75) is 19.3 Å². The molecule has 3 nitrogen and oxygen atoms in total. The van der Waals surface area contributed by atoms with Gasteiger partial charge in [0.05, 0.1) is 5.56 Å². The smallest absolute Gasteiger partial charge is 0.254 e. The van der Waals surface area contributed by atoms with E-state index < -0.39 is 11.7 Å². The number of hydrogen-bond acceptors (Lipinski definition) is 2. The zero-order valence-electron chi connectivity index (χ0n) is 10.7. The van der Waals surface area contributed by atoms with Crippen LogP contribution in [0.2, 0.25) is 5.02 Å². The first-order valence-corrected chi connectivity index (χ1v) is 6.98. The van der Waals surface area contributed by atoms with E-state index in [0.29, 0.717) is 17.5 Å². The van der Waals surface area contributed by atoms with Crippen molar-refractivity contribution in [3.8, 4) is 0 Å². The van der Waals surface area contributed by atoms with E-state index in [1.807, 2.05) is 0 Å². The van der Waals surface area contributed by atoms with Crippen LogP contribution in [0.4, 0.5) is 4.39 Å². The molecule has 0 saturated carbocycles. The molecule has 0 radical (unpaired) electrons. The monoisotopic (exact) mass is 284 g/mol. The van der Waals surface area contributed by atoms with Crippen molar-refractivity contribution < 1.29 is 9.18 Å². The molecule has 1 aromatic rings. The molecule has 0 unspecified atom stereocenters. The van der Waals surface area contributed by atoms with Crippen LogP contribution in [0.15, 0.2) is 18.2 Å². The van der Waals surface area contributed by atoms with Crippen LogP contribution in [-0.2, 0) is 0 Å². The molecule has 2 rings (SSSR count). The molecule has 0 spiro atoms. The zero-order valence-corrected chi connectivity index (χ0v) is 11.5. The fourth-order valence-electron chi connectivity index (χ4n) is 2.33. The van der Waals surface area contributed by atoms with Crippen LogP contribution in [0.3, 0.4) is 0 Å². The second kappa shape index (κ2) is 6.87. The van der Waals surface area contributed by atoms with Crippen molar-refractivity contribution in [2.75, 3.05) is 19.6 Å². The highest BCUT2D eigenvalue weighted by Crippen LogP contribution is 2.16. The maximum Gasteiger partial charge on any atom is 0.254 e. The first-order valence-electron chi connectivity index (χ1n) is 6.61. The molecule has 1 aliphatic heterocycles. The lowest BCUT2D eigenvalue weighted by atomic mass is 9.95. The molecule has 19 heavy (non-hydrogen) atoms. The van der Waals surface area contributed by atoms with Gasteiger partial charge in [0.25, 0.3) is 5.91 Å². The molecule has 0 bridgehead atoms. The molecule has 5 heteroatoms. The number of halogens is 2. The van der Waals surface area contributed by atoms with Gasteiger partial charge in [0.1, 0.15) is 5.82 Å². The summed E-state index contributed by atoms with van der Waals surface area (Å²) in [5.74, 6) is -0.288. The lowest BCUT2D eigenvalue weighted by molar-refractivity contribution is 0.0946. The minimum absolute atomic E-state index is 0.0119. The maximum atomic E-state index is 13.5. The Kier molecular flexibility index (Phi) is 5.16. The molecule has 1 fully saturated rings. The standard InChI is InChI=1S/C14H18ClFN2O/c15-11-1-2-13(16)12(9-11)14(19)18-8-5-10-3-6-17-7-4-10/h1-2,9-10,17H,3-8H2,(H,18,19). The molecule has 0 aliphatic carbocycles. The van der Waals surface area contributed by atoms with Crippen LogP contribution in [0.1, 0.15) is 29.6 Å². The highest BCUT2D eigenvalue weighted by atomic mass is 35.5. The minimum atomic E-state index is -0.538. The summed E-state index contributed by atoms with van der Waals surface area (Å²) in [4.78, 5) is 11.8. The van der Waals surface area contributed by atoms with Gasteiger partial charge in [-0.3, -0.25) is 4.79 Å². The van der Waals surface area contributed by atoms with E-state index in [0.717, 1.165) is 32.4 Å². The van der Waals surface area contributed by atoms with Crippen LogP contribution in [-0.4, -0.2) is 25.5 Å². The van der Waals surface area contributed by atoms with Gasteiger partial charge in [-0.2, -0.15) is 0 Å². The SMILES string of the molecule is O=C(NCCC1CCNCC1)c1cc(Cl)ccc1F. The summed E-state index contributed by atoms with van der Waals surface area (Å²) < 4.78 is 13.5. The van der Waals surface area contributed by atoms with Gasteiger partial charge in [0.2, 0.25) is 0 Å². The third-order valence-electron chi connectivity index (χ3n) is 3.47. The molecular weight excluding hydrogens is 267 g/mol. The number of piperidine rings is 1. The van der Waals surface area contributed by atoms with Gasteiger partial charge in [-0.15, -0.1) is 0 Å². The number of rotatable bonds is 4. The zero-order chi connectivity index (χ0) is 13.7. The number of benzene rings is 1. The number of carbonyl (C=O) groups excluding carboxylic acids is 1. The summed E-state index contributed by atoms with van der Waals surface area (Å²) in [7, 11) is 0. The number of hydrogen-bond donors (Lipinski definition) is 2. The maximum absolute atomic E-state index is 13.5. The average Bonchev–Trinajstić information content (AvgIpc) is 2.42. The topological polar surface area (TPSA) is 41.1 Å². The fraction of sp³-hybridized carbons (Fsp3) is 0.500. The van der Waals surface area contributed by atoms with Crippen molar-refractivity contribution in [2.24, 2.45) is 5.92 Å². The van der Waals surface area contributed by atoms with Crippen molar-refractivity contribution in [1.29, 1.82) is 0 Å². The molecule has 2 N–H and O–H groups in total. The lowest BCUT2D eigenvalue weighted by Gasteiger charge is -2.22. The summed E-state index contributed by atoms with van der Waals surface area (Å²) in [6.45, 7) is 2.67. The number of amides is 1. The Labute approximate surface area is 117 Å². The highest BCUT2D eigenvalue weighted by Gasteiger charge is 2.15. The molecule has 1 aromatic carbocycles. The molecule has 1 saturated heterocycles. The van der Waals surface area contributed by atoms with Gasteiger partial charge in [0, 0.05) is 11.6 Å². The summed E-state index contributed by atoms with van der Waals surface area (Å²) in [6, 6.07) is 4.00. The first kappa shape index (κ1) is 14.3. The van der Waals surface area contributed by atoms with Gasteiger partial charge in [-0.05, 0) is 56.5 Å². The van der Waals surface area contributed by atoms with E-state index in [-0.39, 0.29) is 5.56 Å². The second-order valence-electron chi connectivity index (χ2n) is 4.86. The summed E-state index contributed by atoms with van der Waals surface area (Å²) in [5, 5.41) is 6.42. The first-order chi connectivity index (χ1) is 9.16. The Morgan fingerprint density at radius 2 is 2.16 bits per heavy atom. The minimum Gasteiger partial charge on any atom is -0.352 e. The van der Waals surface area contributed by atoms with E-state index >= 15 is 0 Å². The van der Waals surface area contributed by atoms with Crippen LogP contribution in [0.5, 0.6) is 0 Å². The molecular formula is C14H18ClFN2O. The Morgan fingerprint density at radius 3 is 2.89 bits per heavy atom. The molecule has 1 amide bonds. The van der Waals surface area contributed by atoms with E-state index in [9.17, 15) is 9.18 Å². The molecule has 0 atom stereocenters. The second-order valence-corrected chi connectivity index (χ2v) is 5.30. The van der Waals surface area contributed by atoms with Crippen LogP contribution < -0.4 is 10.6 Å². The van der Waals surface area contributed by atoms with Gasteiger partial charge < -0.3 is 10.6 Å². The fourth-order valence-corrected chi connectivity index (χ4v) is 2.50. The summed E-state index contributed by atoms with van der Waals surface area (Å²) in [6.07, 6.45) is 3.22. The third kappa shape index (κ3) is 4.18. The quantitative estimate of drug-likeness (QED) is 0.892. The van der Waals surface area contributed by atoms with Crippen molar-refractivity contribution in [3.05, 3.63) is 34.6 Å². The number of carbonyl (C=O) groups is 1. The molecule has 0 aromatic heterocycles. The molecule has 1 aliphatic rings. The molecule has 104 valence electrons. The highest BCUT2D eigenvalue weighted by molar-refractivity contribution is 6.30. The van der Waals surface area contributed by atoms with Crippen LogP contribution >= 0.6 is 11.6 Å². The van der Waals surface area contributed by atoms with E-state index in [1.54, 1.807) is 0 Å². The van der Waals surface area contributed by atoms with Crippen molar-refractivity contribution >= 4 is 17.5 Å².